The summed E-state index contributed by atoms with van der Waals surface area (Å²) in [5.74, 6) is -2.53. The molecule has 0 N–H and O–H groups in total. The Kier molecular flexibility index (Phi) is 3.48. The van der Waals surface area contributed by atoms with Crippen molar-refractivity contribution in [2.24, 2.45) is 0 Å². The van der Waals surface area contributed by atoms with Crippen molar-refractivity contribution in [2.75, 3.05) is 11.4 Å². The van der Waals surface area contributed by atoms with Gasteiger partial charge in [-0.2, -0.15) is 0 Å². The number of halogens is 2. The van der Waals surface area contributed by atoms with Crippen LogP contribution in [0, 0.1) is 18.6 Å². The number of amides is 1. The molecule has 2 aromatic rings. The maximum Gasteiger partial charge on any atom is 0.258 e. The predicted molar refractivity (Wildman–Crippen MR) is 78.2 cm³/mol. The number of aryl methyl sites for hydroxylation is 1. The number of ketones is 1. The van der Waals surface area contributed by atoms with Gasteiger partial charge in [0.05, 0.1) is 5.69 Å². The Hall–Kier alpha value is -2.56. The second kappa shape index (κ2) is 5.33. The summed E-state index contributed by atoms with van der Waals surface area (Å²) in [4.78, 5) is 26.0. The number of carbonyl (C=O) groups excluding carboxylic acids is 2. The molecule has 3 rings (SSSR count). The molecule has 112 valence electrons. The first-order valence-electron chi connectivity index (χ1n) is 6.88. The first kappa shape index (κ1) is 14.4. The van der Waals surface area contributed by atoms with Crippen LogP contribution >= 0.6 is 0 Å². The van der Waals surface area contributed by atoms with Crippen molar-refractivity contribution in [3.05, 3.63) is 64.7 Å². The van der Waals surface area contributed by atoms with Crippen molar-refractivity contribution >= 4 is 17.4 Å². The largest absolute Gasteiger partial charge is 0.307 e. The van der Waals surface area contributed by atoms with Crippen molar-refractivity contribution in [1.82, 2.24) is 0 Å². The SMILES string of the molecule is Cc1ccc2c(c1)C(=O)CCN2C(=O)c1ccc(F)c(F)c1. The van der Waals surface area contributed by atoms with Gasteiger partial charge in [-0.15, -0.1) is 0 Å². The minimum atomic E-state index is -1.07. The van der Waals surface area contributed by atoms with E-state index in [2.05, 4.69) is 0 Å². The highest BCUT2D eigenvalue weighted by Gasteiger charge is 2.28. The molecule has 1 amide bonds. The Morgan fingerprint density at radius 2 is 1.86 bits per heavy atom. The van der Waals surface area contributed by atoms with Gasteiger partial charge in [-0.05, 0) is 37.3 Å². The Labute approximate surface area is 126 Å². The van der Waals surface area contributed by atoms with E-state index in [0.29, 0.717) is 11.3 Å². The van der Waals surface area contributed by atoms with Crippen LogP contribution in [0.5, 0.6) is 0 Å². The zero-order valence-electron chi connectivity index (χ0n) is 11.9. The lowest BCUT2D eigenvalue weighted by Gasteiger charge is -2.29. The Balaban J connectivity index is 2.02. The quantitative estimate of drug-likeness (QED) is 0.808. The molecule has 0 aromatic heterocycles. The minimum absolute atomic E-state index is 0.0203. The summed E-state index contributed by atoms with van der Waals surface area (Å²) in [7, 11) is 0. The molecule has 0 saturated heterocycles. The molecule has 1 aliphatic rings. The zero-order valence-corrected chi connectivity index (χ0v) is 11.9. The molecule has 22 heavy (non-hydrogen) atoms. The van der Waals surface area contributed by atoms with Crippen LogP contribution in [0.2, 0.25) is 0 Å². The number of rotatable bonds is 1. The second-order valence-electron chi connectivity index (χ2n) is 5.28. The third kappa shape index (κ3) is 2.39. The van der Waals surface area contributed by atoms with Crippen LogP contribution in [0.25, 0.3) is 0 Å². The Morgan fingerprint density at radius 3 is 2.59 bits per heavy atom. The molecule has 0 saturated carbocycles. The molecule has 0 atom stereocenters. The highest BCUT2D eigenvalue weighted by molar-refractivity contribution is 6.13. The molecule has 0 bridgehead atoms. The third-order valence-corrected chi connectivity index (χ3v) is 3.72. The molecule has 0 spiro atoms. The van der Waals surface area contributed by atoms with Gasteiger partial charge in [0.2, 0.25) is 0 Å². The van der Waals surface area contributed by atoms with E-state index in [1.54, 1.807) is 12.1 Å². The second-order valence-corrected chi connectivity index (χ2v) is 5.28. The molecule has 0 fully saturated rings. The van der Waals surface area contributed by atoms with Crippen molar-refractivity contribution in [1.29, 1.82) is 0 Å². The lowest BCUT2D eigenvalue weighted by atomic mass is 9.97. The zero-order chi connectivity index (χ0) is 15.9. The first-order chi connectivity index (χ1) is 10.5. The predicted octanol–water partition coefficient (Wildman–Crippen LogP) is 3.51. The Bertz CT molecular complexity index is 786. The molecule has 5 heteroatoms. The molecule has 0 unspecified atom stereocenters. The van der Waals surface area contributed by atoms with Crippen LogP contribution in [0.3, 0.4) is 0 Å². The molecular weight excluding hydrogens is 288 g/mol. The average Bonchev–Trinajstić information content (AvgIpc) is 2.50. The van der Waals surface area contributed by atoms with Gasteiger partial charge in [-0.1, -0.05) is 11.6 Å². The van der Waals surface area contributed by atoms with Crippen molar-refractivity contribution in [2.45, 2.75) is 13.3 Å². The molecular formula is C17H13F2NO2. The summed E-state index contributed by atoms with van der Waals surface area (Å²) in [5, 5.41) is 0. The Morgan fingerprint density at radius 1 is 1.09 bits per heavy atom. The van der Waals surface area contributed by atoms with E-state index in [1.165, 1.54) is 11.0 Å². The molecule has 1 aliphatic heterocycles. The lowest BCUT2D eigenvalue weighted by molar-refractivity contribution is 0.0954. The van der Waals surface area contributed by atoms with Gasteiger partial charge in [-0.25, -0.2) is 8.78 Å². The van der Waals surface area contributed by atoms with Gasteiger partial charge < -0.3 is 4.90 Å². The van der Waals surface area contributed by atoms with Gasteiger partial charge in [0.15, 0.2) is 17.4 Å². The standard InChI is InChI=1S/C17H13F2NO2/c1-10-2-5-15-12(8-10)16(21)6-7-20(15)17(22)11-3-4-13(18)14(19)9-11/h2-5,8-9H,6-7H2,1H3. The third-order valence-electron chi connectivity index (χ3n) is 3.72. The molecule has 3 nitrogen and oxygen atoms in total. The van der Waals surface area contributed by atoms with Gasteiger partial charge in [0.25, 0.3) is 5.91 Å². The van der Waals surface area contributed by atoms with Crippen LogP contribution < -0.4 is 4.90 Å². The lowest BCUT2D eigenvalue weighted by Crippen LogP contribution is -2.37. The van der Waals surface area contributed by atoms with Crippen LogP contribution in [-0.4, -0.2) is 18.2 Å². The normalized spacial score (nSPS) is 14.0. The molecule has 0 aliphatic carbocycles. The van der Waals surface area contributed by atoms with E-state index in [0.717, 1.165) is 17.7 Å². The summed E-state index contributed by atoms with van der Waals surface area (Å²) in [6.07, 6.45) is 0.214. The van der Waals surface area contributed by atoms with Crippen molar-refractivity contribution in [3.63, 3.8) is 0 Å². The topological polar surface area (TPSA) is 37.4 Å². The molecule has 0 radical (unpaired) electrons. The van der Waals surface area contributed by atoms with Crippen LogP contribution in [-0.2, 0) is 0 Å². The summed E-state index contributed by atoms with van der Waals surface area (Å²) in [6.45, 7) is 2.09. The number of nitrogens with zero attached hydrogens (tertiary/aromatic N) is 1. The van der Waals surface area contributed by atoms with Crippen LogP contribution in [0.4, 0.5) is 14.5 Å². The smallest absolute Gasteiger partial charge is 0.258 e. The van der Waals surface area contributed by atoms with Gasteiger partial charge in [0, 0.05) is 24.1 Å². The maximum atomic E-state index is 13.3. The number of fused-ring (bicyclic) bond motifs is 1. The van der Waals surface area contributed by atoms with E-state index >= 15 is 0 Å². The number of hydrogen-bond donors (Lipinski definition) is 0. The number of Topliss-reactive ketones (excluding diaryl/α,β-unsaturated/α-hetero) is 1. The minimum Gasteiger partial charge on any atom is -0.307 e. The van der Waals surface area contributed by atoms with Gasteiger partial charge >= 0.3 is 0 Å². The monoisotopic (exact) mass is 301 g/mol. The maximum absolute atomic E-state index is 13.3. The molecule has 1 heterocycles. The fourth-order valence-electron chi connectivity index (χ4n) is 2.57. The highest BCUT2D eigenvalue weighted by atomic mass is 19.2. The fourth-order valence-corrected chi connectivity index (χ4v) is 2.57. The molecule has 2 aromatic carbocycles. The number of anilines is 1. The van der Waals surface area contributed by atoms with Gasteiger partial charge in [-0.3, -0.25) is 9.59 Å². The van der Waals surface area contributed by atoms with E-state index < -0.39 is 17.5 Å². The van der Waals surface area contributed by atoms with E-state index in [9.17, 15) is 18.4 Å². The summed E-state index contributed by atoms with van der Waals surface area (Å²) in [5.41, 5.74) is 1.98. The van der Waals surface area contributed by atoms with Crippen molar-refractivity contribution in [3.8, 4) is 0 Å². The van der Waals surface area contributed by atoms with Crippen LogP contribution in [0.15, 0.2) is 36.4 Å². The highest BCUT2D eigenvalue weighted by Crippen LogP contribution is 2.29. The number of carbonyl (C=O) groups is 2. The summed E-state index contributed by atoms with van der Waals surface area (Å²) in [6, 6.07) is 8.30. The van der Waals surface area contributed by atoms with E-state index in [-0.39, 0.29) is 24.3 Å². The van der Waals surface area contributed by atoms with E-state index in [4.69, 9.17) is 0 Å². The average molecular weight is 301 g/mol. The van der Waals surface area contributed by atoms with Crippen LogP contribution in [0.1, 0.15) is 32.7 Å². The fraction of sp³-hybridized carbons (Fsp3) is 0.176. The van der Waals surface area contributed by atoms with Crippen molar-refractivity contribution < 1.29 is 18.4 Å². The number of benzene rings is 2. The van der Waals surface area contributed by atoms with Gasteiger partial charge in [0.1, 0.15) is 0 Å². The summed E-state index contributed by atoms with van der Waals surface area (Å²) >= 11 is 0. The first-order valence-corrected chi connectivity index (χ1v) is 6.88. The number of hydrogen-bond acceptors (Lipinski definition) is 2. The summed E-state index contributed by atoms with van der Waals surface area (Å²) < 4.78 is 26.3. The van der Waals surface area contributed by atoms with E-state index in [1.807, 2.05) is 13.0 Å².